The van der Waals surface area contributed by atoms with E-state index in [1.807, 2.05) is 6.92 Å². The average Bonchev–Trinajstić information content (AvgIpc) is 2.40. The molecule has 0 saturated heterocycles. The number of pyridine rings is 1. The van der Waals surface area contributed by atoms with Crippen LogP contribution >= 0.6 is 0 Å². The van der Waals surface area contributed by atoms with Gasteiger partial charge in [0.15, 0.2) is 0 Å². The Morgan fingerprint density at radius 1 is 1.16 bits per heavy atom. The molecule has 0 unspecified atom stereocenters. The number of para-hydroxylation sites is 1. The molecule has 5 heteroatoms. The van der Waals surface area contributed by atoms with Crippen LogP contribution < -0.4 is 9.47 Å². The summed E-state index contributed by atoms with van der Waals surface area (Å²) in [4.78, 5) is 15.2. The van der Waals surface area contributed by atoms with Gasteiger partial charge in [-0.2, -0.15) is 4.98 Å². The van der Waals surface area contributed by atoms with Crippen molar-refractivity contribution in [1.29, 1.82) is 0 Å². The third-order valence-corrected chi connectivity index (χ3v) is 2.32. The van der Waals surface area contributed by atoms with Gasteiger partial charge in [0.2, 0.25) is 11.8 Å². The lowest BCUT2D eigenvalue weighted by Gasteiger charge is -2.08. The largest absolute Gasteiger partial charge is 0.478 e. The van der Waals surface area contributed by atoms with Crippen LogP contribution in [0.2, 0.25) is 0 Å². The molecule has 1 aromatic carbocycles. The number of rotatable bonds is 5. The van der Waals surface area contributed by atoms with Crippen molar-refractivity contribution < 1.29 is 19.4 Å². The number of hydrogen-bond donors (Lipinski definition) is 1. The molecule has 0 fully saturated rings. The molecule has 1 aromatic heterocycles. The number of nitrogens with zero attached hydrogens (tertiary/aromatic N) is 1. The minimum Gasteiger partial charge on any atom is -0.478 e. The van der Waals surface area contributed by atoms with Crippen LogP contribution in [0.5, 0.6) is 17.5 Å². The van der Waals surface area contributed by atoms with E-state index in [1.54, 1.807) is 36.4 Å². The molecule has 0 atom stereocenters. The Hall–Kier alpha value is -2.56. The minimum atomic E-state index is -1.04. The predicted molar refractivity (Wildman–Crippen MR) is 68.9 cm³/mol. The third kappa shape index (κ3) is 3.22. The second-order valence-electron chi connectivity index (χ2n) is 3.65. The van der Waals surface area contributed by atoms with Gasteiger partial charge in [-0.3, -0.25) is 0 Å². The van der Waals surface area contributed by atoms with Crippen LogP contribution in [0.15, 0.2) is 42.5 Å². The monoisotopic (exact) mass is 259 g/mol. The molecule has 0 aliphatic carbocycles. The summed E-state index contributed by atoms with van der Waals surface area (Å²) in [6.45, 7) is 2.36. The molecule has 5 nitrogen and oxygen atoms in total. The number of ether oxygens (including phenoxy) is 2. The summed E-state index contributed by atoms with van der Waals surface area (Å²) in [7, 11) is 0. The van der Waals surface area contributed by atoms with Crippen molar-refractivity contribution in [1.82, 2.24) is 4.98 Å². The minimum absolute atomic E-state index is 0.0890. The molecule has 0 aliphatic rings. The number of benzene rings is 1. The van der Waals surface area contributed by atoms with Gasteiger partial charge in [-0.05, 0) is 19.1 Å². The zero-order valence-corrected chi connectivity index (χ0v) is 10.4. The number of hydrogen-bond acceptors (Lipinski definition) is 4. The molecule has 1 heterocycles. The average molecular weight is 259 g/mol. The zero-order valence-electron chi connectivity index (χ0n) is 10.4. The van der Waals surface area contributed by atoms with E-state index in [1.165, 1.54) is 6.07 Å². The van der Waals surface area contributed by atoms with E-state index in [9.17, 15) is 4.79 Å². The molecule has 0 bridgehead atoms. The highest BCUT2D eigenvalue weighted by Gasteiger charge is 2.11. The molecule has 2 aromatic rings. The molecule has 0 saturated carbocycles. The number of carbonyl (C=O) groups is 1. The maximum Gasteiger partial charge on any atom is 0.339 e. The van der Waals surface area contributed by atoms with Gasteiger partial charge >= 0.3 is 5.97 Å². The summed E-state index contributed by atoms with van der Waals surface area (Å²) in [6.07, 6.45) is 0. The second kappa shape index (κ2) is 5.86. The first-order valence-corrected chi connectivity index (χ1v) is 5.80. The Morgan fingerprint density at radius 2 is 1.89 bits per heavy atom. The van der Waals surface area contributed by atoms with Gasteiger partial charge in [-0.1, -0.05) is 18.2 Å². The van der Waals surface area contributed by atoms with E-state index in [0.717, 1.165) is 0 Å². The molecule has 98 valence electrons. The first kappa shape index (κ1) is 12.9. The van der Waals surface area contributed by atoms with Crippen LogP contribution in [0, 0.1) is 0 Å². The predicted octanol–water partition coefficient (Wildman–Crippen LogP) is 2.97. The lowest BCUT2D eigenvalue weighted by molar-refractivity contribution is 0.0694. The van der Waals surface area contributed by atoms with Crippen LogP contribution in [-0.4, -0.2) is 22.7 Å². The molecule has 0 radical (unpaired) electrons. The van der Waals surface area contributed by atoms with E-state index in [2.05, 4.69) is 4.98 Å². The third-order valence-electron chi connectivity index (χ3n) is 2.32. The number of carboxylic acids is 1. The summed E-state index contributed by atoms with van der Waals surface area (Å²) < 4.78 is 10.7. The van der Waals surface area contributed by atoms with Gasteiger partial charge in [0, 0.05) is 12.1 Å². The number of aromatic carboxylic acids is 1. The normalized spacial score (nSPS) is 9.95. The van der Waals surface area contributed by atoms with Gasteiger partial charge in [-0.25, -0.2) is 4.79 Å². The van der Waals surface area contributed by atoms with Crippen molar-refractivity contribution in [3.8, 4) is 17.5 Å². The Labute approximate surface area is 110 Å². The van der Waals surface area contributed by atoms with Crippen LogP contribution in [0.25, 0.3) is 0 Å². The highest BCUT2D eigenvalue weighted by molar-refractivity contribution is 5.90. The molecule has 0 aliphatic heterocycles. The van der Waals surface area contributed by atoms with Crippen molar-refractivity contribution in [3.05, 3.63) is 48.0 Å². The molecule has 2 rings (SSSR count). The van der Waals surface area contributed by atoms with E-state index >= 15 is 0 Å². The maximum atomic E-state index is 11.1. The van der Waals surface area contributed by atoms with Crippen LogP contribution in [0.3, 0.4) is 0 Å². The second-order valence-corrected chi connectivity index (χ2v) is 3.65. The molecule has 19 heavy (non-hydrogen) atoms. The standard InChI is InChI=1S/C14H13NO4/c1-2-18-12-8-5-9-13(15-12)19-11-7-4-3-6-10(11)14(16)17/h3-9H,2H2,1H3,(H,16,17). The Balaban J connectivity index is 2.26. The van der Waals surface area contributed by atoms with Crippen molar-refractivity contribution in [2.45, 2.75) is 6.92 Å². The molecule has 1 N–H and O–H groups in total. The van der Waals surface area contributed by atoms with Gasteiger partial charge in [0.25, 0.3) is 0 Å². The topological polar surface area (TPSA) is 68.7 Å². The van der Waals surface area contributed by atoms with Crippen molar-refractivity contribution in [3.63, 3.8) is 0 Å². The maximum absolute atomic E-state index is 11.1. The van der Waals surface area contributed by atoms with Crippen molar-refractivity contribution >= 4 is 5.97 Å². The van der Waals surface area contributed by atoms with E-state index in [4.69, 9.17) is 14.6 Å². The fraction of sp³-hybridized carbons (Fsp3) is 0.143. The fourth-order valence-corrected chi connectivity index (χ4v) is 1.53. The Morgan fingerprint density at radius 3 is 2.63 bits per heavy atom. The lowest BCUT2D eigenvalue weighted by Crippen LogP contribution is -2.01. The summed E-state index contributed by atoms with van der Waals surface area (Å²) in [5.74, 6) is -0.0693. The first-order chi connectivity index (χ1) is 9.20. The number of carboxylic acid groups (broad SMARTS) is 1. The van der Waals surface area contributed by atoms with E-state index in [-0.39, 0.29) is 11.3 Å². The zero-order chi connectivity index (χ0) is 13.7. The molecular formula is C14H13NO4. The van der Waals surface area contributed by atoms with Gasteiger partial charge in [0.05, 0.1) is 6.61 Å². The molecule has 0 amide bonds. The summed E-state index contributed by atoms with van der Waals surface area (Å²) in [5.41, 5.74) is 0.0890. The summed E-state index contributed by atoms with van der Waals surface area (Å²) in [6, 6.07) is 11.5. The summed E-state index contributed by atoms with van der Waals surface area (Å²) in [5, 5.41) is 9.06. The highest BCUT2D eigenvalue weighted by Crippen LogP contribution is 2.25. The van der Waals surface area contributed by atoms with Crippen LogP contribution in [-0.2, 0) is 0 Å². The van der Waals surface area contributed by atoms with Crippen LogP contribution in [0.4, 0.5) is 0 Å². The van der Waals surface area contributed by atoms with Gasteiger partial charge in [-0.15, -0.1) is 0 Å². The Bertz CT molecular complexity index is 583. The molecule has 0 spiro atoms. The Kier molecular flexibility index (Phi) is 3.97. The van der Waals surface area contributed by atoms with Crippen molar-refractivity contribution in [2.24, 2.45) is 0 Å². The SMILES string of the molecule is CCOc1cccc(Oc2ccccc2C(=O)O)n1. The first-order valence-electron chi connectivity index (χ1n) is 5.80. The lowest BCUT2D eigenvalue weighted by atomic mass is 10.2. The number of aromatic nitrogens is 1. The van der Waals surface area contributed by atoms with Gasteiger partial charge in [0.1, 0.15) is 11.3 Å². The fourth-order valence-electron chi connectivity index (χ4n) is 1.53. The van der Waals surface area contributed by atoms with E-state index < -0.39 is 5.97 Å². The molecular weight excluding hydrogens is 246 g/mol. The highest BCUT2D eigenvalue weighted by atomic mass is 16.5. The smallest absolute Gasteiger partial charge is 0.339 e. The van der Waals surface area contributed by atoms with Crippen LogP contribution in [0.1, 0.15) is 17.3 Å². The van der Waals surface area contributed by atoms with Crippen molar-refractivity contribution in [2.75, 3.05) is 6.61 Å². The van der Waals surface area contributed by atoms with Gasteiger partial charge < -0.3 is 14.6 Å². The van der Waals surface area contributed by atoms with E-state index in [0.29, 0.717) is 18.4 Å². The quantitative estimate of drug-likeness (QED) is 0.893. The summed E-state index contributed by atoms with van der Waals surface area (Å²) >= 11 is 0.